The molecule has 0 aromatic carbocycles. The lowest BCUT2D eigenvalue weighted by atomic mass is 10.0. The minimum Gasteiger partial charge on any atom is -0.480 e. The van der Waals surface area contributed by atoms with E-state index in [4.69, 9.17) is 29.4 Å². The molecule has 0 saturated heterocycles. The third-order valence-corrected chi connectivity index (χ3v) is 11.9. The molecule has 0 aliphatic carbocycles. The van der Waals surface area contributed by atoms with Gasteiger partial charge in [0.25, 0.3) is 0 Å². The topological polar surface area (TPSA) is 155 Å². The van der Waals surface area contributed by atoms with Crippen molar-refractivity contribution in [3.63, 3.8) is 0 Å². The lowest BCUT2D eigenvalue weighted by Gasteiger charge is -2.20. The summed E-state index contributed by atoms with van der Waals surface area (Å²) in [5.41, 5.74) is 5.37. The van der Waals surface area contributed by atoms with Gasteiger partial charge in [0.15, 0.2) is 0 Å². The zero-order valence-corrected chi connectivity index (χ0v) is 40.2. The molecule has 10 nitrogen and oxygen atoms in total. The molecule has 11 heteroatoms. The summed E-state index contributed by atoms with van der Waals surface area (Å²) in [4.78, 5) is 33.7. The molecule has 0 aliphatic heterocycles. The fourth-order valence-electron chi connectivity index (χ4n) is 7.09. The van der Waals surface area contributed by atoms with Crippen molar-refractivity contribution < 1.29 is 42.7 Å². The number of phosphoric acid groups is 1. The van der Waals surface area contributed by atoms with Gasteiger partial charge in [-0.2, -0.15) is 0 Å². The molecule has 3 unspecified atom stereocenters. The maximum absolute atomic E-state index is 12.7. The normalized spacial score (nSPS) is 14.0. The third-order valence-electron chi connectivity index (χ3n) is 10.9. The first kappa shape index (κ1) is 59.2. The number of allylic oxidation sites excluding steroid dienone is 6. The fourth-order valence-corrected chi connectivity index (χ4v) is 7.87. The average Bonchev–Trinajstić information content (AvgIpc) is 3.24. The van der Waals surface area contributed by atoms with Gasteiger partial charge < -0.3 is 25.2 Å². The van der Waals surface area contributed by atoms with E-state index in [-0.39, 0.29) is 13.0 Å². The third kappa shape index (κ3) is 46.0. The second-order valence-electron chi connectivity index (χ2n) is 16.9. The molecule has 0 amide bonds. The van der Waals surface area contributed by atoms with Crippen molar-refractivity contribution >= 4 is 19.8 Å². The van der Waals surface area contributed by atoms with Crippen LogP contribution in [-0.2, 0) is 32.7 Å². The minimum atomic E-state index is -4.62. The highest BCUT2D eigenvalue weighted by Gasteiger charge is 2.27. The number of carboxylic acid groups (broad SMARTS) is 1. The summed E-state index contributed by atoms with van der Waals surface area (Å²) in [6.07, 6.45) is 53.4. The van der Waals surface area contributed by atoms with Crippen LogP contribution >= 0.6 is 7.82 Å². The molecule has 61 heavy (non-hydrogen) atoms. The molecule has 0 aromatic heterocycles. The Morgan fingerprint density at radius 1 is 0.541 bits per heavy atom. The van der Waals surface area contributed by atoms with Crippen molar-refractivity contribution in [2.24, 2.45) is 5.73 Å². The predicted octanol–water partition coefficient (Wildman–Crippen LogP) is 14.4. The van der Waals surface area contributed by atoms with E-state index < -0.39 is 45.1 Å². The van der Waals surface area contributed by atoms with E-state index in [0.717, 1.165) is 57.8 Å². The number of carboxylic acids is 1. The van der Waals surface area contributed by atoms with E-state index in [1.165, 1.54) is 148 Å². The average molecular weight is 884 g/mol. The Labute approximate surface area is 374 Å². The minimum absolute atomic E-state index is 0.0146. The van der Waals surface area contributed by atoms with E-state index in [1.54, 1.807) is 0 Å². The van der Waals surface area contributed by atoms with Crippen molar-refractivity contribution in [1.29, 1.82) is 0 Å². The number of nitrogens with two attached hydrogens (primary N) is 1. The van der Waals surface area contributed by atoms with Gasteiger partial charge in [0.05, 0.1) is 19.8 Å². The number of hydrogen-bond acceptors (Lipinski definition) is 8. The van der Waals surface area contributed by atoms with Crippen molar-refractivity contribution in [3.8, 4) is 0 Å². The van der Waals surface area contributed by atoms with E-state index >= 15 is 0 Å². The van der Waals surface area contributed by atoms with Crippen LogP contribution in [0.4, 0.5) is 0 Å². The lowest BCUT2D eigenvalue weighted by Crippen LogP contribution is -2.34. The zero-order valence-electron chi connectivity index (χ0n) is 39.3. The van der Waals surface area contributed by atoms with Crippen LogP contribution < -0.4 is 5.73 Å². The Hall–Kier alpha value is -1.81. The van der Waals surface area contributed by atoms with E-state index in [2.05, 4.69) is 50.3 Å². The van der Waals surface area contributed by atoms with Gasteiger partial charge in [-0.1, -0.05) is 217 Å². The van der Waals surface area contributed by atoms with Crippen LogP contribution in [0.3, 0.4) is 0 Å². The number of phosphoric ester groups is 1. The first-order valence-electron chi connectivity index (χ1n) is 25.0. The largest absolute Gasteiger partial charge is 0.480 e. The van der Waals surface area contributed by atoms with Gasteiger partial charge in [0.1, 0.15) is 12.1 Å². The van der Waals surface area contributed by atoms with E-state index in [9.17, 15) is 19.0 Å². The Morgan fingerprint density at radius 3 is 1.43 bits per heavy atom. The van der Waals surface area contributed by atoms with Crippen LogP contribution in [0.15, 0.2) is 36.5 Å². The molecule has 358 valence electrons. The van der Waals surface area contributed by atoms with Gasteiger partial charge in [-0.05, 0) is 44.9 Å². The van der Waals surface area contributed by atoms with Crippen LogP contribution in [0.25, 0.3) is 0 Å². The van der Waals surface area contributed by atoms with Crippen LogP contribution in [-0.4, -0.2) is 60.5 Å². The highest BCUT2D eigenvalue weighted by Crippen LogP contribution is 2.43. The van der Waals surface area contributed by atoms with Crippen molar-refractivity contribution in [2.75, 3.05) is 26.4 Å². The van der Waals surface area contributed by atoms with Crippen LogP contribution in [0.1, 0.15) is 232 Å². The van der Waals surface area contributed by atoms with Gasteiger partial charge >= 0.3 is 19.8 Å². The molecular weight excluding hydrogens is 790 g/mol. The molecule has 0 radical (unpaired) electrons. The molecule has 0 spiro atoms. The number of carbonyl (C=O) groups is 2. The number of ether oxygens (including phenoxy) is 2. The summed E-state index contributed by atoms with van der Waals surface area (Å²) in [6.45, 7) is 3.80. The number of rotatable bonds is 48. The van der Waals surface area contributed by atoms with Gasteiger partial charge in [0.2, 0.25) is 0 Å². The van der Waals surface area contributed by atoms with E-state index in [0.29, 0.717) is 13.0 Å². The van der Waals surface area contributed by atoms with Gasteiger partial charge in [0, 0.05) is 13.0 Å². The fraction of sp³-hybridized carbons (Fsp3) is 0.840. The van der Waals surface area contributed by atoms with Crippen molar-refractivity contribution in [1.82, 2.24) is 0 Å². The first-order valence-corrected chi connectivity index (χ1v) is 26.5. The summed E-state index contributed by atoms with van der Waals surface area (Å²) in [5, 5.41) is 8.92. The summed E-state index contributed by atoms with van der Waals surface area (Å²) in [6, 6.07) is -1.47. The molecular formula is C50H94NO9P. The monoisotopic (exact) mass is 884 g/mol. The number of unbranched alkanes of at least 4 members (excludes halogenated alkanes) is 28. The quantitative estimate of drug-likeness (QED) is 0.0233. The van der Waals surface area contributed by atoms with Crippen molar-refractivity contribution in [3.05, 3.63) is 36.5 Å². The van der Waals surface area contributed by atoms with Crippen LogP contribution in [0, 0.1) is 0 Å². The van der Waals surface area contributed by atoms with Gasteiger partial charge in [-0.3, -0.25) is 18.6 Å². The highest BCUT2D eigenvalue weighted by molar-refractivity contribution is 7.47. The SMILES string of the molecule is CC/C=C\C/C=C\C/C=C\CCCCCCCCCCOCC(COP(=O)(O)OCC(N)C(=O)O)OC(=O)CCCCCCCCCCCCCCCCCCCCCCC. The zero-order chi connectivity index (χ0) is 44.8. The van der Waals surface area contributed by atoms with Gasteiger partial charge in [-0.15, -0.1) is 0 Å². The van der Waals surface area contributed by atoms with E-state index in [1.807, 2.05) is 0 Å². The molecule has 0 fully saturated rings. The van der Waals surface area contributed by atoms with Crippen LogP contribution in [0.2, 0.25) is 0 Å². The smallest absolute Gasteiger partial charge is 0.472 e. The molecule has 0 aliphatic rings. The summed E-state index contributed by atoms with van der Waals surface area (Å²) < 4.78 is 33.5. The second kappa shape index (κ2) is 46.2. The summed E-state index contributed by atoms with van der Waals surface area (Å²) >= 11 is 0. The lowest BCUT2D eigenvalue weighted by molar-refractivity contribution is -0.154. The summed E-state index contributed by atoms with van der Waals surface area (Å²) in [7, 11) is -4.62. The highest BCUT2D eigenvalue weighted by atomic mass is 31.2. The number of hydrogen-bond donors (Lipinski definition) is 3. The molecule has 0 saturated carbocycles. The Balaban J connectivity index is 4.13. The molecule has 3 atom stereocenters. The molecule has 0 heterocycles. The Morgan fingerprint density at radius 2 is 0.951 bits per heavy atom. The number of esters is 1. The maximum atomic E-state index is 12.7. The molecule has 0 rings (SSSR count). The number of carbonyl (C=O) groups excluding carboxylic acids is 1. The molecule has 4 N–H and O–H groups in total. The van der Waals surface area contributed by atoms with Crippen molar-refractivity contribution in [2.45, 2.75) is 244 Å². The standard InChI is InChI=1S/C50H94NO9P/c1-3-5-7-9-11-13-15-17-19-21-23-24-25-26-28-30-32-34-36-38-40-42-49(52)60-47(45-58-61(55,56)59-46-48(51)50(53)54)44-57-43-41-39-37-35-33-31-29-27-22-20-18-16-14-12-10-8-6-4-2/h6,8,12,14,18,20,47-48H,3-5,7,9-11,13,15-17,19,21-46,51H2,1-2H3,(H,53,54)(H,55,56)/b8-6-,14-12-,20-18-. The number of aliphatic carboxylic acids is 1. The Kier molecular flexibility index (Phi) is 44.8. The molecule has 0 aromatic rings. The predicted molar refractivity (Wildman–Crippen MR) is 254 cm³/mol. The first-order chi connectivity index (χ1) is 29.7. The maximum Gasteiger partial charge on any atom is 0.472 e. The molecule has 0 bridgehead atoms. The van der Waals surface area contributed by atoms with Gasteiger partial charge in [-0.25, -0.2) is 4.57 Å². The second-order valence-corrected chi connectivity index (χ2v) is 18.4. The van der Waals surface area contributed by atoms with Crippen LogP contribution in [0.5, 0.6) is 0 Å². The summed E-state index contributed by atoms with van der Waals surface area (Å²) in [5.74, 6) is -1.77. The Bertz CT molecular complexity index is 1110.